The molecule has 0 saturated heterocycles. The van der Waals surface area contributed by atoms with Crippen LogP contribution in [0.2, 0.25) is 0 Å². The fraction of sp³-hybridized carbons (Fsp3) is 0.200. The zero-order chi connectivity index (χ0) is 14.7. The lowest BCUT2D eigenvalue weighted by Crippen LogP contribution is -2.01. The summed E-state index contributed by atoms with van der Waals surface area (Å²) in [7, 11) is 0. The molecule has 0 aliphatic carbocycles. The van der Waals surface area contributed by atoms with Gasteiger partial charge in [-0.1, -0.05) is 53.9 Å². The first-order valence-corrected chi connectivity index (χ1v) is 8.45. The molecule has 0 saturated carbocycles. The molecule has 106 valence electrons. The maximum absolute atomic E-state index is 10.5. The van der Waals surface area contributed by atoms with E-state index >= 15 is 0 Å². The van der Waals surface area contributed by atoms with E-state index in [2.05, 4.69) is 47.8 Å². The second-order valence-electron chi connectivity index (χ2n) is 4.22. The highest BCUT2D eigenvalue weighted by Gasteiger charge is 2.15. The highest BCUT2D eigenvalue weighted by Crippen LogP contribution is 2.33. The van der Waals surface area contributed by atoms with Crippen molar-refractivity contribution in [1.82, 2.24) is 0 Å². The number of hydrogen-bond acceptors (Lipinski definition) is 2. The average Bonchev–Trinajstić information content (AvgIpc) is 2.37. The molecule has 0 amide bonds. The molecular weight excluding hydrogens is 452 g/mol. The Hall–Kier alpha value is -0.360. The van der Waals surface area contributed by atoms with Crippen LogP contribution in [-0.2, 0) is 0 Å². The molecule has 2 aromatic carbocycles. The van der Waals surface area contributed by atoms with E-state index in [-0.39, 0.29) is 0 Å². The summed E-state index contributed by atoms with van der Waals surface area (Å²) < 4.78 is 8.10. The highest BCUT2D eigenvalue weighted by atomic mass is 79.9. The third-order valence-electron chi connectivity index (χ3n) is 2.78. The van der Waals surface area contributed by atoms with Crippen molar-refractivity contribution < 1.29 is 9.84 Å². The van der Waals surface area contributed by atoms with Gasteiger partial charge in [0.05, 0.1) is 6.61 Å². The molecule has 0 radical (unpaired) electrons. The summed E-state index contributed by atoms with van der Waals surface area (Å²) in [6.07, 6.45) is -0.700. The van der Waals surface area contributed by atoms with E-state index in [1.807, 2.05) is 43.3 Å². The number of aliphatic hydroxyl groups is 1. The van der Waals surface area contributed by atoms with E-state index in [0.29, 0.717) is 6.61 Å². The van der Waals surface area contributed by atoms with Crippen molar-refractivity contribution in [3.63, 3.8) is 0 Å². The van der Waals surface area contributed by atoms with Crippen molar-refractivity contribution >= 4 is 47.8 Å². The summed E-state index contributed by atoms with van der Waals surface area (Å²) in [5.74, 6) is 0.783. The van der Waals surface area contributed by atoms with Gasteiger partial charge in [-0.3, -0.25) is 0 Å². The molecule has 0 aliphatic rings. The number of benzene rings is 2. The van der Waals surface area contributed by atoms with Gasteiger partial charge < -0.3 is 9.84 Å². The normalized spacial score (nSPS) is 12.2. The monoisotopic (exact) mass is 462 g/mol. The van der Waals surface area contributed by atoms with Gasteiger partial charge in [0.15, 0.2) is 0 Å². The summed E-state index contributed by atoms with van der Waals surface area (Å²) >= 11 is 10.4. The topological polar surface area (TPSA) is 29.5 Å². The summed E-state index contributed by atoms with van der Waals surface area (Å²) in [6, 6.07) is 11.3. The Bertz CT molecular complexity index is 594. The Kier molecular flexibility index (Phi) is 5.66. The molecule has 2 rings (SSSR count). The molecule has 5 heteroatoms. The van der Waals surface area contributed by atoms with Gasteiger partial charge in [0, 0.05) is 13.4 Å². The number of halogens is 3. The highest BCUT2D eigenvalue weighted by molar-refractivity contribution is 9.11. The lowest BCUT2D eigenvalue weighted by molar-refractivity contribution is 0.219. The van der Waals surface area contributed by atoms with Crippen molar-refractivity contribution in [3.05, 3.63) is 60.9 Å². The van der Waals surface area contributed by atoms with Gasteiger partial charge in [-0.05, 0) is 48.4 Å². The van der Waals surface area contributed by atoms with E-state index in [1.165, 1.54) is 0 Å². The number of hydrogen-bond donors (Lipinski definition) is 1. The van der Waals surface area contributed by atoms with Gasteiger partial charge >= 0.3 is 0 Å². The molecule has 1 unspecified atom stereocenters. The van der Waals surface area contributed by atoms with Gasteiger partial charge in [0.25, 0.3) is 0 Å². The smallest absolute Gasteiger partial charge is 0.120 e. The molecule has 0 spiro atoms. The van der Waals surface area contributed by atoms with Crippen LogP contribution < -0.4 is 4.74 Å². The third-order valence-corrected chi connectivity index (χ3v) is 4.38. The minimum absolute atomic E-state index is 0.618. The minimum atomic E-state index is -0.700. The largest absolute Gasteiger partial charge is 0.494 e. The molecule has 0 fully saturated rings. The molecule has 0 aromatic heterocycles. The van der Waals surface area contributed by atoms with Gasteiger partial charge in [-0.25, -0.2) is 0 Å². The SMILES string of the molecule is CCOc1ccc(C(O)c2cc(Br)cc(Br)c2)c(Br)c1. The van der Waals surface area contributed by atoms with Crippen LogP contribution in [0.5, 0.6) is 5.75 Å². The maximum Gasteiger partial charge on any atom is 0.120 e. The number of aliphatic hydroxyl groups excluding tert-OH is 1. The average molecular weight is 465 g/mol. The van der Waals surface area contributed by atoms with Crippen LogP contribution in [0.1, 0.15) is 24.2 Å². The molecule has 0 heterocycles. The molecule has 1 atom stereocenters. The van der Waals surface area contributed by atoms with Gasteiger partial charge in [0.1, 0.15) is 11.9 Å². The van der Waals surface area contributed by atoms with Crippen LogP contribution in [0.25, 0.3) is 0 Å². The number of ether oxygens (including phenoxy) is 1. The van der Waals surface area contributed by atoms with Crippen LogP contribution >= 0.6 is 47.8 Å². The Morgan fingerprint density at radius 2 is 1.70 bits per heavy atom. The lowest BCUT2D eigenvalue weighted by atomic mass is 10.0. The lowest BCUT2D eigenvalue weighted by Gasteiger charge is -2.15. The second kappa shape index (κ2) is 7.07. The number of rotatable bonds is 4. The maximum atomic E-state index is 10.5. The molecule has 20 heavy (non-hydrogen) atoms. The molecule has 2 nitrogen and oxygen atoms in total. The van der Waals surface area contributed by atoms with E-state index in [4.69, 9.17) is 4.74 Å². The Morgan fingerprint density at radius 1 is 1.05 bits per heavy atom. The summed E-state index contributed by atoms with van der Waals surface area (Å²) in [5.41, 5.74) is 1.62. The second-order valence-corrected chi connectivity index (χ2v) is 6.91. The van der Waals surface area contributed by atoms with Crippen molar-refractivity contribution in [1.29, 1.82) is 0 Å². The summed E-state index contributed by atoms with van der Waals surface area (Å²) in [6.45, 7) is 2.56. The van der Waals surface area contributed by atoms with E-state index in [9.17, 15) is 5.11 Å². The Balaban J connectivity index is 2.35. The van der Waals surface area contributed by atoms with Gasteiger partial charge in [-0.2, -0.15) is 0 Å². The summed E-state index contributed by atoms with van der Waals surface area (Å²) in [5, 5.41) is 10.5. The predicted molar refractivity (Wildman–Crippen MR) is 91.2 cm³/mol. The fourth-order valence-corrected chi connectivity index (χ4v) is 3.80. The van der Waals surface area contributed by atoms with Crippen molar-refractivity contribution in [2.24, 2.45) is 0 Å². The van der Waals surface area contributed by atoms with Crippen molar-refractivity contribution in [2.75, 3.05) is 6.61 Å². The first kappa shape index (κ1) is 16.0. The van der Waals surface area contributed by atoms with Crippen LogP contribution in [0, 0.1) is 0 Å². The first-order chi connectivity index (χ1) is 9.51. The van der Waals surface area contributed by atoms with Crippen molar-refractivity contribution in [2.45, 2.75) is 13.0 Å². The molecule has 0 bridgehead atoms. The van der Waals surface area contributed by atoms with Crippen LogP contribution in [0.3, 0.4) is 0 Å². The molecular formula is C15H13Br3O2. The van der Waals surface area contributed by atoms with Crippen LogP contribution in [-0.4, -0.2) is 11.7 Å². The third kappa shape index (κ3) is 3.85. The zero-order valence-electron chi connectivity index (χ0n) is 10.7. The van der Waals surface area contributed by atoms with Gasteiger partial charge in [-0.15, -0.1) is 0 Å². The minimum Gasteiger partial charge on any atom is -0.494 e. The predicted octanol–water partition coefficient (Wildman–Crippen LogP) is 5.45. The van der Waals surface area contributed by atoms with Crippen LogP contribution in [0.4, 0.5) is 0 Å². The Labute approximate surface area is 143 Å². The van der Waals surface area contributed by atoms with E-state index < -0.39 is 6.10 Å². The van der Waals surface area contributed by atoms with E-state index in [0.717, 1.165) is 30.3 Å². The quantitative estimate of drug-likeness (QED) is 0.651. The fourth-order valence-electron chi connectivity index (χ4n) is 1.90. The standard InChI is InChI=1S/C15H13Br3O2/c1-2-20-12-3-4-13(14(18)8-12)15(19)9-5-10(16)7-11(17)6-9/h3-8,15,19H,2H2,1H3. The first-order valence-electron chi connectivity index (χ1n) is 6.07. The zero-order valence-corrected chi connectivity index (χ0v) is 15.5. The van der Waals surface area contributed by atoms with Crippen molar-refractivity contribution in [3.8, 4) is 5.75 Å². The Morgan fingerprint density at radius 3 is 2.25 bits per heavy atom. The van der Waals surface area contributed by atoms with Gasteiger partial charge in [0.2, 0.25) is 0 Å². The van der Waals surface area contributed by atoms with E-state index in [1.54, 1.807) is 0 Å². The summed E-state index contributed by atoms with van der Waals surface area (Å²) in [4.78, 5) is 0. The van der Waals surface area contributed by atoms with Crippen LogP contribution in [0.15, 0.2) is 49.8 Å². The molecule has 2 aromatic rings. The molecule has 0 aliphatic heterocycles. The molecule has 1 N–H and O–H groups in total.